The third-order valence-electron chi connectivity index (χ3n) is 5.09. The molecule has 0 radical (unpaired) electrons. The molecule has 1 amide bonds. The molecule has 0 aliphatic carbocycles. The molecule has 0 aliphatic rings. The van der Waals surface area contributed by atoms with Gasteiger partial charge in [0.1, 0.15) is 11.3 Å². The van der Waals surface area contributed by atoms with Crippen molar-refractivity contribution in [2.45, 2.75) is 20.0 Å². The van der Waals surface area contributed by atoms with E-state index in [0.717, 1.165) is 9.86 Å². The molecule has 6 nitrogen and oxygen atoms in total. The fraction of sp³-hybridized carbons (Fsp3) is 0.154. The molecule has 0 bridgehead atoms. The summed E-state index contributed by atoms with van der Waals surface area (Å²) in [5, 5.41) is 3.62. The van der Waals surface area contributed by atoms with Gasteiger partial charge in [-0.3, -0.25) is 4.79 Å². The largest absolute Gasteiger partial charge is 0.492 e. The molecule has 1 N–H and O–H groups in total. The average molecular weight is 508 g/mol. The number of esters is 1. The number of fused-ring (bicyclic) bond motifs is 1. The van der Waals surface area contributed by atoms with Gasteiger partial charge in [-0.2, -0.15) is 0 Å². The van der Waals surface area contributed by atoms with E-state index < -0.39 is 18.0 Å². The third-order valence-corrected chi connectivity index (χ3v) is 5.59. The molecule has 4 rings (SSSR count). The number of halogens is 1. The van der Waals surface area contributed by atoms with E-state index in [9.17, 15) is 9.59 Å². The summed E-state index contributed by atoms with van der Waals surface area (Å²) in [6.07, 6.45) is -1.19. The topological polar surface area (TPSA) is 77.8 Å². The van der Waals surface area contributed by atoms with Crippen LogP contribution in [0.15, 0.2) is 81.7 Å². The van der Waals surface area contributed by atoms with E-state index in [1.54, 1.807) is 55.5 Å². The van der Waals surface area contributed by atoms with Crippen molar-refractivity contribution in [2.75, 3.05) is 11.9 Å². The lowest BCUT2D eigenvalue weighted by molar-refractivity contribution is -0.125. The summed E-state index contributed by atoms with van der Waals surface area (Å²) in [4.78, 5) is 26.4. The quantitative estimate of drug-likeness (QED) is 0.291. The molecule has 0 spiro atoms. The number of para-hydroxylation sites is 2. The highest BCUT2D eigenvalue weighted by molar-refractivity contribution is 9.10. The number of ether oxygens (including phenoxy) is 2. The third kappa shape index (κ3) is 4.93. The lowest BCUT2D eigenvalue weighted by atomic mass is 10.1. The van der Waals surface area contributed by atoms with Crippen LogP contribution in [-0.2, 0) is 9.53 Å². The van der Waals surface area contributed by atoms with Crippen LogP contribution in [0.2, 0.25) is 0 Å². The van der Waals surface area contributed by atoms with Crippen LogP contribution < -0.4 is 10.1 Å². The van der Waals surface area contributed by atoms with Crippen molar-refractivity contribution in [1.82, 2.24) is 0 Å². The van der Waals surface area contributed by atoms with Gasteiger partial charge in [-0.15, -0.1) is 0 Å². The van der Waals surface area contributed by atoms with E-state index in [2.05, 4.69) is 21.2 Å². The number of carbonyl (C=O) groups excluding carboxylic acids is 2. The Morgan fingerprint density at radius 1 is 1.03 bits per heavy atom. The minimum atomic E-state index is -1.19. The van der Waals surface area contributed by atoms with Gasteiger partial charge in [-0.25, -0.2) is 4.79 Å². The number of anilines is 1. The van der Waals surface area contributed by atoms with Crippen LogP contribution in [0.1, 0.15) is 34.7 Å². The van der Waals surface area contributed by atoms with Crippen molar-refractivity contribution in [2.24, 2.45) is 0 Å². The summed E-state index contributed by atoms with van der Waals surface area (Å²) in [5.74, 6) is -0.628. The maximum Gasteiger partial charge on any atom is 0.375 e. The minimum Gasteiger partial charge on any atom is -0.492 e. The Kier molecular flexibility index (Phi) is 6.79. The highest BCUT2D eigenvalue weighted by Gasteiger charge is 2.29. The molecular weight excluding hydrogens is 486 g/mol. The Labute approximate surface area is 199 Å². The summed E-state index contributed by atoms with van der Waals surface area (Å²) in [6.45, 7) is 4.09. The lowest BCUT2D eigenvalue weighted by Crippen LogP contribution is -2.26. The zero-order chi connectivity index (χ0) is 23.4. The number of carbonyl (C=O) groups is 2. The van der Waals surface area contributed by atoms with Gasteiger partial charge in [-0.05, 0) is 44.2 Å². The molecule has 4 aromatic rings. The molecule has 168 valence electrons. The second-order valence-electron chi connectivity index (χ2n) is 7.31. The average Bonchev–Trinajstić information content (AvgIpc) is 3.15. The lowest BCUT2D eigenvalue weighted by Gasteiger charge is -2.19. The Balaban J connectivity index is 1.64. The van der Waals surface area contributed by atoms with Gasteiger partial charge in [0.25, 0.3) is 5.91 Å². The number of benzene rings is 3. The van der Waals surface area contributed by atoms with Gasteiger partial charge >= 0.3 is 5.97 Å². The SMILES string of the molecule is CCOc1ccccc1NC(=O)[C@@H](OC(=O)c1oc2ccc(Br)cc2c1C)c1ccccc1. The number of hydrogen-bond donors (Lipinski definition) is 1. The van der Waals surface area contributed by atoms with E-state index in [1.165, 1.54) is 0 Å². The smallest absolute Gasteiger partial charge is 0.375 e. The number of aryl methyl sites for hydroxylation is 1. The molecule has 3 aromatic carbocycles. The normalized spacial score (nSPS) is 11.7. The summed E-state index contributed by atoms with van der Waals surface area (Å²) in [5.41, 5.74) is 2.24. The van der Waals surface area contributed by atoms with Crippen LogP contribution >= 0.6 is 15.9 Å². The molecule has 0 fully saturated rings. The number of amides is 1. The highest BCUT2D eigenvalue weighted by Crippen LogP contribution is 2.31. The first-order valence-corrected chi connectivity index (χ1v) is 11.2. The van der Waals surface area contributed by atoms with Crippen molar-refractivity contribution in [3.05, 3.63) is 94.2 Å². The Bertz CT molecular complexity index is 1300. The maximum absolute atomic E-state index is 13.3. The van der Waals surface area contributed by atoms with E-state index in [-0.39, 0.29) is 5.76 Å². The monoisotopic (exact) mass is 507 g/mol. The van der Waals surface area contributed by atoms with Crippen LogP contribution in [-0.4, -0.2) is 18.5 Å². The molecule has 0 saturated heterocycles. The van der Waals surface area contributed by atoms with Crippen LogP contribution in [0.5, 0.6) is 5.75 Å². The van der Waals surface area contributed by atoms with Gasteiger partial charge in [0, 0.05) is 21.0 Å². The van der Waals surface area contributed by atoms with Crippen LogP contribution in [0.25, 0.3) is 11.0 Å². The first kappa shape index (κ1) is 22.6. The fourth-order valence-corrected chi connectivity index (χ4v) is 3.86. The minimum absolute atomic E-state index is 0.0616. The number of rotatable bonds is 7. The van der Waals surface area contributed by atoms with Gasteiger partial charge in [0.15, 0.2) is 0 Å². The molecule has 7 heteroatoms. The van der Waals surface area contributed by atoms with Crippen LogP contribution in [0, 0.1) is 6.92 Å². The van der Waals surface area contributed by atoms with Gasteiger partial charge < -0.3 is 19.2 Å². The van der Waals surface area contributed by atoms with Gasteiger partial charge in [0.05, 0.1) is 12.3 Å². The van der Waals surface area contributed by atoms with Crippen LogP contribution in [0.3, 0.4) is 0 Å². The number of furan rings is 1. The Morgan fingerprint density at radius 3 is 2.52 bits per heavy atom. The Hall–Kier alpha value is -3.58. The summed E-state index contributed by atoms with van der Waals surface area (Å²) < 4.78 is 17.9. The molecule has 1 aromatic heterocycles. The molecule has 1 heterocycles. The highest BCUT2D eigenvalue weighted by atomic mass is 79.9. The van der Waals surface area contributed by atoms with E-state index in [1.807, 2.05) is 31.2 Å². The van der Waals surface area contributed by atoms with E-state index in [0.29, 0.717) is 34.8 Å². The predicted octanol–water partition coefficient (Wildman–Crippen LogP) is 6.44. The molecule has 0 aliphatic heterocycles. The predicted molar refractivity (Wildman–Crippen MR) is 129 cm³/mol. The number of hydrogen-bond acceptors (Lipinski definition) is 5. The maximum atomic E-state index is 13.3. The second-order valence-corrected chi connectivity index (χ2v) is 8.23. The summed E-state index contributed by atoms with van der Waals surface area (Å²) in [6, 6.07) is 21.4. The zero-order valence-corrected chi connectivity index (χ0v) is 19.7. The van der Waals surface area contributed by atoms with E-state index >= 15 is 0 Å². The first-order valence-electron chi connectivity index (χ1n) is 10.4. The van der Waals surface area contributed by atoms with Crippen molar-refractivity contribution in [3.63, 3.8) is 0 Å². The Morgan fingerprint density at radius 2 is 1.76 bits per heavy atom. The first-order chi connectivity index (χ1) is 16.0. The molecule has 33 heavy (non-hydrogen) atoms. The fourth-order valence-electron chi connectivity index (χ4n) is 3.50. The molecule has 0 unspecified atom stereocenters. The molecule has 0 saturated carbocycles. The molecule has 1 atom stereocenters. The second kappa shape index (κ2) is 9.92. The summed E-state index contributed by atoms with van der Waals surface area (Å²) >= 11 is 3.43. The van der Waals surface area contributed by atoms with Crippen molar-refractivity contribution < 1.29 is 23.5 Å². The summed E-state index contributed by atoms with van der Waals surface area (Å²) in [7, 11) is 0. The standard InChI is InChI=1S/C26H22BrNO5/c1-3-31-22-12-8-7-11-20(22)28-25(29)24(17-9-5-4-6-10-17)33-26(30)23-16(2)19-15-18(27)13-14-21(19)32-23/h4-15,24H,3H2,1-2H3,(H,28,29)/t24-/m0/s1. The molecular formula is C26H22BrNO5. The number of nitrogens with one attached hydrogen (secondary N) is 1. The zero-order valence-electron chi connectivity index (χ0n) is 18.1. The van der Waals surface area contributed by atoms with Gasteiger partial charge in [-0.1, -0.05) is 58.4 Å². The van der Waals surface area contributed by atoms with Crippen molar-refractivity contribution >= 4 is 44.5 Å². The van der Waals surface area contributed by atoms with Crippen LogP contribution in [0.4, 0.5) is 5.69 Å². The van der Waals surface area contributed by atoms with E-state index in [4.69, 9.17) is 13.9 Å². The van der Waals surface area contributed by atoms with Crippen molar-refractivity contribution in [3.8, 4) is 5.75 Å². The van der Waals surface area contributed by atoms with Gasteiger partial charge in [0.2, 0.25) is 11.9 Å². The van der Waals surface area contributed by atoms with Crippen molar-refractivity contribution in [1.29, 1.82) is 0 Å².